The van der Waals surface area contributed by atoms with Gasteiger partial charge in [0.2, 0.25) is 0 Å². The van der Waals surface area contributed by atoms with Gasteiger partial charge >= 0.3 is 0 Å². The Morgan fingerprint density at radius 2 is 0.460 bits per heavy atom. The smallest absolute Gasteiger partial charge is 0.135 e. The summed E-state index contributed by atoms with van der Waals surface area (Å²) in [5, 5.41) is 0. The molecule has 50 heavy (non-hydrogen) atoms. The Hall–Kier alpha value is -1.32. The molecule has 300 valence electrons. The Balaban J connectivity index is -0.000000285. The molecule has 4 heteroatoms. The van der Waals surface area contributed by atoms with Gasteiger partial charge in [-0.25, -0.2) is 0 Å². The second kappa shape index (κ2) is 37.4. The topological polar surface area (TPSA) is 68.3 Å². The Kier molecular flexibility index (Phi) is 41.5. The van der Waals surface area contributed by atoms with E-state index in [1.165, 1.54) is 64.2 Å². The Morgan fingerprint density at radius 1 is 0.260 bits per heavy atom. The van der Waals surface area contributed by atoms with Crippen molar-refractivity contribution >= 4 is 23.1 Å². The molecule has 0 aliphatic rings. The highest BCUT2D eigenvalue weighted by atomic mass is 16.1. The summed E-state index contributed by atoms with van der Waals surface area (Å²) in [7, 11) is 0. The fourth-order valence-electron chi connectivity index (χ4n) is 4.85. The molecule has 0 rings (SSSR count). The van der Waals surface area contributed by atoms with Crippen molar-refractivity contribution in [2.75, 3.05) is 0 Å². The van der Waals surface area contributed by atoms with Crippen molar-refractivity contribution < 1.29 is 19.2 Å². The average molecular weight is 709 g/mol. The Labute approximate surface area is 315 Å². The van der Waals surface area contributed by atoms with Crippen LogP contribution in [0.5, 0.6) is 0 Å². The van der Waals surface area contributed by atoms with Crippen molar-refractivity contribution in [1.29, 1.82) is 0 Å². The molecule has 0 aliphatic carbocycles. The number of rotatable bonds is 26. The van der Waals surface area contributed by atoms with E-state index in [1.807, 2.05) is 55.4 Å². The predicted molar refractivity (Wildman–Crippen MR) is 222 cm³/mol. The van der Waals surface area contributed by atoms with Crippen molar-refractivity contribution in [3.63, 3.8) is 0 Å². The summed E-state index contributed by atoms with van der Waals surface area (Å²) in [6, 6.07) is 0. The van der Waals surface area contributed by atoms with Crippen LogP contribution in [0.3, 0.4) is 0 Å². The van der Waals surface area contributed by atoms with E-state index in [4.69, 9.17) is 0 Å². The first-order chi connectivity index (χ1) is 23.1. The number of ketones is 4. The van der Waals surface area contributed by atoms with Gasteiger partial charge < -0.3 is 0 Å². The Bertz CT molecular complexity index is 786. The summed E-state index contributed by atoms with van der Waals surface area (Å²) in [6.07, 6.45) is 20.3. The first-order valence-corrected chi connectivity index (χ1v) is 21.3. The van der Waals surface area contributed by atoms with Crippen LogP contribution in [0.2, 0.25) is 0 Å². The van der Waals surface area contributed by atoms with Crippen LogP contribution in [0.4, 0.5) is 0 Å². The van der Waals surface area contributed by atoms with Gasteiger partial charge in [-0.05, 0) is 49.4 Å². The summed E-state index contributed by atoms with van der Waals surface area (Å²) >= 11 is 0. The largest absolute Gasteiger partial charge is 0.299 e. The van der Waals surface area contributed by atoms with Gasteiger partial charge in [0, 0.05) is 49.4 Å². The number of hydrogen-bond acceptors (Lipinski definition) is 4. The number of hydrogen-bond donors (Lipinski definition) is 0. The van der Waals surface area contributed by atoms with Crippen LogP contribution in [0.1, 0.15) is 226 Å². The van der Waals surface area contributed by atoms with E-state index in [2.05, 4.69) is 55.4 Å². The van der Waals surface area contributed by atoms with Crippen molar-refractivity contribution in [3.05, 3.63) is 0 Å². The second-order valence-corrected chi connectivity index (χ2v) is 17.7. The molecule has 0 aromatic heterocycles. The van der Waals surface area contributed by atoms with Gasteiger partial charge in [-0.15, -0.1) is 0 Å². The van der Waals surface area contributed by atoms with Crippen LogP contribution in [-0.4, -0.2) is 23.1 Å². The highest BCUT2D eigenvalue weighted by Crippen LogP contribution is 2.14. The molecule has 0 N–H and O–H groups in total. The lowest BCUT2D eigenvalue weighted by Crippen LogP contribution is -2.07. The van der Waals surface area contributed by atoms with E-state index in [9.17, 15) is 19.2 Å². The second-order valence-electron chi connectivity index (χ2n) is 17.7. The third-order valence-electron chi connectivity index (χ3n) is 8.91. The lowest BCUT2D eigenvalue weighted by Gasteiger charge is -2.05. The monoisotopic (exact) mass is 709 g/mol. The molecule has 0 aliphatic heterocycles. The maximum atomic E-state index is 11.3. The molecule has 0 atom stereocenters. The summed E-state index contributed by atoms with van der Waals surface area (Å²) in [4.78, 5) is 44.8. The Morgan fingerprint density at radius 3 is 0.740 bits per heavy atom. The predicted octanol–water partition coefficient (Wildman–Crippen LogP) is 14.5. The summed E-state index contributed by atoms with van der Waals surface area (Å²) < 4.78 is 0. The third kappa shape index (κ3) is 48.8. The zero-order chi connectivity index (χ0) is 39.7. The fraction of sp³-hybridized carbons (Fsp3) is 0.913. The van der Waals surface area contributed by atoms with Crippen LogP contribution in [0.25, 0.3) is 0 Å². The molecule has 0 aromatic rings. The van der Waals surface area contributed by atoms with Crippen LogP contribution in [0, 0.1) is 47.3 Å². The molecule has 0 saturated carbocycles. The zero-order valence-corrected chi connectivity index (χ0v) is 37.0. The molecule has 0 saturated heterocycles. The van der Waals surface area contributed by atoms with E-state index in [-0.39, 0.29) is 23.7 Å². The van der Waals surface area contributed by atoms with Gasteiger partial charge in [0.1, 0.15) is 23.1 Å². The normalized spacial score (nSPS) is 11.2. The number of carbonyl (C=O) groups excluding carboxylic acids is 4. The number of Topliss-reactive ketones (excluding diaryl/α,β-unsaturated/α-hetero) is 4. The quantitative estimate of drug-likeness (QED) is 0.0839. The van der Waals surface area contributed by atoms with Gasteiger partial charge in [-0.2, -0.15) is 0 Å². The lowest BCUT2D eigenvalue weighted by molar-refractivity contribution is -0.122. The van der Waals surface area contributed by atoms with E-state index >= 15 is 0 Å². The molecule has 0 heterocycles. The summed E-state index contributed by atoms with van der Waals surface area (Å²) in [5.41, 5.74) is 0. The summed E-state index contributed by atoms with van der Waals surface area (Å²) in [5.74, 6) is 5.64. The minimum atomic E-state index is 0.221. The summed E-state index contributed by atoms with van der Waals surface area (Å²) in [6.45, 7) is 33.6. The van der Waals surface area contributed by atoms with Gasteiger partial charge in [0.15, 0.2) is 0 Å². The molecule has 0 unspecified atom stereocenters. The van der Waals surface area contributed by atoms with E-state index < -0.39 is 0 Å². The molecule has 0 amide bonds. The van der Waals surface area contributed by atoms with Crippen molar-refractivity contribution in [3.8, 4) is 0 Å². The highest BCUT2D eigenvalue weighted by Gasteiger charge is 2.09. The van der Waals surface area contributed by atoms with Gasteiger partial charge in [-0.3, -0.25) is 19.2 Å². The number of carbonyl (C=O) groups is 4. The van der Waals surface area contributed by atoms with Crippen molar-refractivity contribution in [1.82, 2.24) is 0 Å². The fourth-order valence-corrected chi connectivity index (χ4v) is 4.85. The van der Waals surface area contributed by atoms with Crippen molar-refractivity contribution in [2.45, 2.75) is 226 Å². The first-order valence-electron chi connectivity index (χ1n) is 21.3. The van der Waals surface area contributed by atoms with Crippen LogP contribution < -0.4 is 0 Å². The maximum absolute atomic E-state index is 11.3. The average Bonchev–Trinajstić information content (AvgIpc) is 3.01. The molecular weight excluding hydrogens is 617 g/mol. The van der Waals surface area contributed by atoms with E-state index in [0.29, 0.717) is 29.1 Å². The molecule has 0 spiro atoms. The van der Waals surface area contributed by atoms with Crippen LogP contribution >= 0.6 is 0 Å². The SMILES string of the molecule is CC(C)CCC(=O)C(C)C.CC(C)CCCCC(=O)C(C)C.CC(C)CCCCCC(=O)C(C)C.CC(C)CCCCCCCC(=O)C(C)C. The molecule has 0 aromatic carbocycles. The molecule has 0 radical (unpaired) electrons. The van der Waals surface area contributed by atoms with Gasteiger partial charge in [0.25, 0.3) is 0 Å². The highest BCUT2D eigenvalue weighted by molar-refractivity contribution is 5.81. The van der Waals surface area contributed by atoms with E-state index in [0.717, 1.165) is 69.1 Å². The third-order valence-corrected chi connectivity index (χ3v) is 8.91. The van der Waals surface area contributed by atoms with Crippen molar-refractivity contribution in [2.24, 2.45) is 47.3 Å². The minimum absolute atomic E-state index is 0.221. The minimum Gasteiger partial charge on any atom is -0.299 e. The zero-order valence-electron chi connectivity index (χ0n) is 37.0. The van der Waals surface area contributed by atoms with Gasteiger partial charge in [0.05, 0.1) is 0 Å². The molecular formula is C46H92O4. The molecule has 0 bridgehead atoms. The van der Waals surface area contributed by atoms with Crippen LogP contribution in [0.15, 0.2) is 0 Å². The van der Waals surface area contributed by atoms with E-state index in [1.54, 1.807) is 0 Å². The first kappa shape index (κ1) is 55.4. The standard InChI is InChI=1S/C14H28O.C12H24O.C11H22O.C9H18O/c1-12(2)10-8-6-5-7-9-11-14(15)13(3)4;1-10(2)8-6-5-7-9-12(13)11(3)4;1-9(2)7-5-6-8-11(12)10(3)4;1-7(2)5-6-9(10)8(3)4/h12-13H,5-11H2,1-4H3;10-11H,5-9H2,1-4H3;9-10H,5-8H2,1-4H3;7-8H,5-6H2,1-4H3. The lowest BCUT2D eigenvalue weighted by atomic mass is 10.00. The van der Waals surface area contributed by atoms with Gasteiger partial charge in [-0.1, -0.05) is 175 Å². The number of unbranched alkanes of at least 4 members (excludes halogenated alkanes) is 7. The maximum Gasteiger partial charge on any atom is 0.135 e. The van der Waals surface area contributed by atoms with Crippen LogP contribution in [-0.2, 0) is 19.2 Å². The molecule has 4 nitrogen and oxygen atoms in total. The molecule has 0 fully saturated rings.